The van der Waals surface area contributed by atoms with Crippen LogP contribution in [0.15, 0.2) is 18.2 Å². The molecule has 1 aliphatic carbocycles. The molecule has 1 aromatic heterocycles. The van der Waals surface area contributed by atoms with Crippen molar-refractivity contribution in [1.82, 2.24) is 9.88 Å². The number of likely N-dealkylation sites (tertiary alicyclic amines) is 1. The van der Waals surface area contributed by atoms with Gasteiger partial charge in [-0.2, -0.15) is 13.2 Å². The number of ether oxygens (including phenoxy) is 2. The smallest absolute Gasteiger partial charge is 0.416 e. The molecule has 34 heavy (non-hydrogen) atoms. The molecule has 1 N–H and O–H groups in total. The van der Waals surface area contributed by atoms with E-state index in [9.17, 15) is 18.0 Å². The van der Waals surface area contributed by atoms with E-state index in [-0.39, 0.29) is 11.9 Å². The standard InChI is InChI=1S/C26H33F3N2O3/c1-16-20-15-31(10-6-25(24(32)33-2)7-11-34-12-8-25)9-5-17(20)13-22-23(16)19-14-18(26(27,28)29)3-4-21(19)30-22/h3-4,14,16-17,20,30H,5-13,15H2,1-2H3/t16-,17?,20-/m1/s1. The fourth-order valence-electron chi connectivity index (χ4n) is 6.63. The number of hydrogen-bond acceptors (Lipinski definition) is 4. The minimum absolute atomic E-state index is 0.138. The molecule has 2 aliphatic heterocycles. The molecule has 1 unspecified atom stereocenters. The molecule has 5 nitrogen and oxygen atoms in total. The van der Waals surface area contributed by atoms with Crippen LogP contribution in [0.2, 0.25) is 0 Å². The average molecular weight is 479 g/mol. The van der Waals surface area contributed by atoms with Gasteiger partial charge in [0.1, 0.15) is 0 Å². The zero-order valence-corrected chi connectivity index (χ0v) is 19.8. The van der Waals surface area contributed by atoms with Crippen molar-refractivity contribution in [3.8, 4) is 0 Å². The lowest BCUT2D eigenvalue weighted by Gasteiger charge is -2.45. The molecule has 8 heteroatoms. The van der Waals surface area contributed by atoms with Gasteiger partial charge < -0.3 is 19.4 Å². The molecule has 0 radical (unpaired) electrons. The molecule has 186 valence electrons. The first-order valence-electron chi connectivity index (χ1n) is 12.3. The first-order chi connectivity index (χ1) is 16.2. The fraction of sp³-hybridized carbons (Fsp3) is 0.654. The summed E-state index contributed by atoms with van der Waals surface area (Å²) in [4.78, 5) is 18.5. The van der Waals surface area contributed by atoms with Crippen LogP contribution >= 0.6 is 0 Å². The van der Waals surface area contributed by atoms with E-state index in [0.717, 1.165) is 61.7 Å². The summed E-state index contributed by atoms with van der Waals surface area (Å²) >= 11 is 0. The van der Waals surface area contributed by atoms with Crippen molar-refractivity contribution in [3.63, 3.8) is 0 Å². The Bertz CT molecular complexity index is 1060. The van der Waals surface area contributed by atoms with Crippen molar-refractivity contribution in [3.05, 3.63) is 35.0 Å². The highest BCUT2D eigenvalue weighted by Crippen LogP contribution is 2.47. The quantitative estimate of drug-likeness (QED) is 0.618. The number of piperidine rings is 1. The molecule has 0 bridgehead atoms. The van der Waals surface area contributed by atoms with Crippen LogP contribution in [0.1, 0.15) is 55.3 Å². The Morgan fingerprint density at radius 3 is 2.76 bits per heavy atom. The minimum atomic E-state index is -4.35. The maximum absolute atomic E-state index is 13.4. The maximum atomic E-state index is 13.4. The summed E-state index contributed by atoms with van der Waals surface area (Å²) < 4.78 is 50.7. The summed E-state index contributed by atoms with van der Waals surface area (Å²) in [7, 11) is 1.46. The number of halogens is 3. The second-order valence-corrected chi connectivity index (χ2v) is 10.4. The number of aromatic amines is 1. The monoisotopic (exact) mass is 478 g/mol. The van der Waals surface area contributed by atoms with Gasteiger partial charge in [0, 0.05) is 36.4 Å². The van der Waals surface area contributed by atoms with Crippen molar-refractivity contribution in [2.24, 2.45) is 17.3 Å². The first kappa shape index (κ1) is 23.7. The van der Waals surface area contributed by atoms with E-state index in [1.54, 1.807) is 6.07 Å². The molecule has 5 rings (SSSR count). The number of alkyl halides is 3. The van der Waals surface area contributed by atoms with Gasteiger partial charge in [-0.05, 0) is 86.7 Å². The Labute approximate surface area is 198 Å². The minimum Gasteiger partial charge on any atom is -0.469 e. The molecule has 3 atom stereocenters. The Hall–Kier alpha value is -2.06. The summed E-state index contributed by atoms with van der Waals surface area (Å²) in [6, 6.07) is 4.05. The highest BCUT2D eigenvalue weighted by atomic mass is 19.4. The van der Waals surface area contributed by atoms with E-state index < -0.39 is 17.2 Å². The van der Waals surface area contributed by atoms with Gasteiger partial charge in [0.2, 0.25) is 0 Å². The molecule has 0 amide bonds. The SMILES string of the molecule is COC(=O)C1(CCN2CCC3Cc4[nH]c5ccc(C(F)(F)F)cc5c4[C@H](C)[C@H]3C2)CCOCC1. The molecule has 0 spiro atoms. The molecule has 2 aromatic rings. The largest absolute Gasteiger partial charge is 0.469 e. The predicted octanol–water partition coefficient (Wildman–Crippen LogP) is 5.14. The second kappa shape index (κ2) is 8.86. The van der Waals surface area contributed by atoms with Crippen LogP contribution in [0.5, 0.6) is 0 Å². The summed E-state index contributed by atoms with van der Waals surface area (Å²) in [5.74, 6) is 0.942. The van der Waals surface area contributed by atoms with E-state index in [1.165, 1.54) is 13.2 Å². The van der Waals surface area contributed by atoms with Crippen molar-refractivity contribution in [2.75, 3.05) is 40.0 Å². The maximum Gasteiger partial charge on any atom is 0.416 e. The van der Waals surface area contributed by atoms with Crippen molar-refractivity contribution >= 4 is 16.9 Å². The van der Waals surface area contributed by atoms with E-state index in [0.29, 0.717) is 43.3 Å². The number of rotatable bonds is 4. The molecular weight excluding hydrogens is 445 g/mol. The van der Waals surface area contributed by atoms with E-state index in [4.69, 9.17) is 9.47 Å². The van der Waals surface area contributed by atoms with Gasteiger partial charge in [0.25, 0.3) is 0 Å². The van der Waals surface area contributed by atoms with Gasteiger partial charge in [0.05, 0.1) is 18.1 Å². The lowest BCUT2D eigenvalue weighted by Crippen LogP contribution is -2.47. The lowest BCUT2D eigenvalue weighted by molar-refractivity contribution is -0.159. The topological polar surface area (TPSA) is 54.6 Å². The Kier molecular flexibility index (Phi) is 6.17. The summed E-state index contributed by atoms with van der Waals surface area (Å²) in [5, 5.41) is 0.708. The van der Waals surface area contributed by atoms with E-state index in [2.05, 4.69) is 16.8 Å². The molecule has 0 saturated carbocycles. The van der Waals surface area contributed by atoms with Gasteiger partial charge in [-0.15, -0.1) is 0 Å². The summed E-state index contributed by atoms with van der Waals surface area (Å²) in [6.07, 6.45) is -0.266. The van der Waals surface area contributed by atoms with Crippen LogP contribution in [-0.4, -0.2) is 55.8 Å². The second-order valence-electron chi connectivity index (χ2n) is 10.4. The van der Waals surface area contributed by atoms with E-state index in [1.807, 2.05) is 0 Å². The van der Waals surface area contributed by atoms with Gasteiger partial charge in [-0.1, -0.05) is 6.92 Å². The number of nitrogens with zero attached hydrogens (tertiary/aromatic N) is 1. The Balaban J connectivity index is 1.34. The number of fused-ring (bicyclic) bond motifs is 4. The van der Waals surface area contributed by atoms with Crippen LogP contribution in [0.25, 0.3) is 10.9 Å². The third kappa shape index (κ3) is 4.13. The number of H-pyrrole nitrogens is 1. The predicted molar refractivity (Wildman–Crippen MR) is 123 cm³/mol. The number of benzene rings is 1. The number of esters is 1. The number of hydrogen-bond donors (Lipinski definition) is 1. The third-order valence-electron chi connectivity index (χ3n) is 8.68. The highest BCUT2D eigenvalue weighted by Gasteiger charge is 2.43. The number of methoxy groups -OCH3 is 1. The molecule has 3 heterocycles. The number of carbonyl (C=O) groups is 1. The average Bonchev–Trinajstić information content (AvgIpc) is 3.20. The lowest BCUT2D eigenvalue weighted by atomic mass is 9.68. The normalized spacial score (nSPS) is 27.3. The van der Waals surface area contributed by atoms with Crippen molar-refractivity contribution in [1.29, 1.82) is 0 Å². The van der Waals surface area contributed by atoms with Gasteiger partial charge >= 0.3 is 12.1 Å². The first-order valence-corrected chi connectivity index (χ1v) is 12.3. The molecule has 3 aliphatic rings. The van der Waals surface area contributed by atoms with Crippen molar-refractivity contribution < 1.29 is 27.4 Å². The van der Waals surface area contributed by atoms with Crippen LogP contribution in [-0.2, 0) is 26.9 Å². The molecule has 2 fully saturated rings. The highest BCUT2D eigenvalue weighted by molar-refractivity contribution is 5.86. The third-order valence-corrected chi connectivity index (χ3v) is 8.68. The molecule has 1 aromatic carbocycles. The summed E-state index contributed by atoms with van der Waals surface area (Å²) in [6.45, 7) is 6.05. The van der Waals surface area contributed by atoms with Crippen LogP contribution in [0.3, 0.4) is 0 Å². The number of carbonyl (C=O) groups excluding carboxylic acids is 1. The van der Waals surface area contributed by atoms with Crippen LogP contribution in [0, 0.1) is 17.3 Å². The fourth-order valence-corrected chi connectivity index (χ4v) is 6.63. The van der Waals surface area contributed by atoms with Crippen LogP contribution < -0.4 is 0 Å². The van der Waals surface area contributed by atoms with E-state index >= 15 is 0 Å². The number of aromatic nitrogens is 1. The Morgan fingerprint density at radius 1 is 1.29 bits per heavy atom. The molecule has 2 saturated heterocycles. The zero-order valence-electron chi connectivity index (χ0n) is 19.8. The van der Waals surface area contributed by atoms with Gasteiger partial charge in [0.15, 0.2) is 0 Å². The van der Waals surface area contributed by atoms with Gasteiger partial charge in [-0.25, -0.2) is 0 Å². The number of nitrogens with one attached hydrogen (secondary N) is 1. The molecular formula is C26H33F3N2O3. The van der Waals surface area contributed by atoms with Crippen molar-refractivity contribution in [2.45, 2.75) is 51.1 Å². The van der Waals surface area contributed by atoms with Gasteiger partial charge in [-0.3, -0.25) is 4.79 Å². The Morgan fingerprint density at radius 2 is 2.06 bits per heavy atom. The van der Waals surface area contributed by atoms with Crippen LogP contribution in [0.4, 0.5) is 13.2 Å². The zero-order chi connectivity index (χ0) is 24.1. The summed E-state index contributed by atoms with van der Waals surface area (Å²) in [5.41, 5.74) is 1.88.